The average molecular weight is 276 g/mol. The average Bonchev–Trinajstić information content (AvgIpc) is 2.22. The maximum Gasteiger partial charge on any atom is 0.267 e. The van der Waals surface area contributed by atoms with Crippen LogP contribution in [0.1, 0.15) is 6.92 Å². The Kier molecular flexibility index (Phi) is 4.77. The van der Waals surface area contributed by atoms with Crippen LogP contribution in [0.2, 0.25) is 0 Å². The molecule has 0 saturated heterocycles. The Hall–Kier alpha value is -0.880. The normalized spacial score (nSPS) is 10.3. The molecular formula is C9H14BrN3O2. The van der Waals surface area contributed by atoms with Crippen LogP contribution in [0, 0.1) is 0 Å². The second-order valence-electron chi connectivity index (χ2n) is 2.99. The zero-order chi connectivity index (χ0) is 11.3. The molecule has 1 rings (SSSR count). The predicted octanol–water partition coefficient (Wildman–Crippen LogP) is 1.01. The number of H-pyrrole nitrogens is 1. The summed E-state index contributed by atoms with van der Waals surface area (Å²) >= 11 is 3.20. The fraction of sp³-hybridized carbons (Fsp3) is 0.556. The van der Waals surface area contributed by atoms with Gasteiger partial charge in [-0.2, -0.15) is 0 Å². The number of nitrogens with zero attached hydrogens (tertiary/aromatic N) is 2. The molecule has 0 aliphatic carbocycles. The summed E-state index contributed by atoms with van der Waals surface area (Å²) in [6.07, 6.45) is 1.39. The van der Waals surface area contributed by atoms with Gasteiger partial charge in [0, 0.05) is 20.2 Å². The zero-order valence-electron chi connectivity index (χ0n) is 8.79. The monoisotopic (exact) mass is 275 g/mol. The number of nitrogens with one attached hydrogen (secondary N) is 1. The minimum atomic E-state index is -0.178. The standard InChI is InChI=1S/C9H14BrN3O2/c1-3-15-5-4-13(2)8-7(10)9(14)12-6-11-8/h6H,3-5H2,1-2H3,(H,11,12,14). The first-order chi connectivity index (χ1) is 7.16. The van der Waals surface area contributed by atoms with Crippen molar-refractivity contribution in [1.29, 1.82) is 0 Å². The smallest absolute Gasteiger partial charge is 0.267 e. The van der Waals surface area contributed by atoms with Crippen molar-refractivity contribution in [2.45, 2.75) is 6.92 Å². The number of aromatic nitrogens is 2. The van der Waals surface area contributed by atoms with Gasteiger partial charge in [0.15, 0.2) is 0 Å². The Morgan fingerprint density at radius 2 is 2.40 bits per heavy atom. The lowest BCUT2D eigenvalue weighted by Crippen LogP contribution is -2.26. The highest BCUT2D eigenvalue weighted by Gasteiger charge is 2.09. The van der Waals surface area contributed by atoms with E-state index in [1.54, 1.807) is 0 Å². The van der Waals surface area contributed by atoms with E-state index in [9.17, 15) is 4.79 Å². The van der Waals surface area contributed by atoms with Crippen LogP contribution in [0.5, 0.6) is 0 Å². The van der Waals surface area contributed by atoms with Gasteiger partial charge in [0.2, 0.25) is 0 Å². The van der Waals surface area contributed by atoms with Gasteiger partial charge in [-0.3, -0.25) is 4.79 Å². The Morgan fingerprint density at radius 3 is 3.07 bits per heavy atom. The molecule has 1 heterocycles. The largest absolute Gasteiger partial charge is 0.380 e. The van der Waals surface area contributed by atoms with Gasteiger partial charge in [-0.05, 0) is 22.9 Å². The summed E-state index contributed by atoms with van der Waals surface area (Å²) in [6, 6.07) is 0. The third-order valence-corrected chi connectivity index (χ3v) is 2.63. The minimum absolute atomic E-state index is 0.178. The van der Waals surface area contributed by atoms with Crippen LogP contribution in [0.4, 0.5) is 5.82 Å². The molecule has 0 saturated carbocycles. The topological polar surface area (TPSA) is 58.2 Å². The Morgan fingerprint density at radius 1 is 1.67 bits per heavy atom. The van der Waals surface area contributed by atoms with Crippen LogP contribution in [-0.4, -0.2) is 36.8 Å². The molecule has 0 aliphatic heterocycles. The first-order valence-electron chi connectivity index (χ1n) is 4.69. The number of halogens is 1. The van der Waals surface area contributed by atoms with Crippen LogP contribution >= 0.6 is 15.9 Å². The maximum absolute atomic E-state index is 11.3. The van der Waals surface area contributed by atoms with Gasteiger partial charge in [0.25, 0.3) is 5.56 Å². The quantitative estimate of drug-likeness (QED) is 0.815. The van der Waals surface area contributed by atoms with E-state index in [-0.39, 0.29) is 5.56 Å². The van der Waals surface area contributed by atoms with E-state index in [4.69, 9.17) is 4.74 Å². The number of hydrogen-bond acceptors (Lipinski definition) is 4. The number of aromatic amines is 1. The molecule has 0 aromatic carbocycles. The highest BCUT2D eigenvalue weighted by molar-refractivity contribution is 9.10. The van der Waals surface area contributed by atoms with Crippen LogP contribution in [0.15, 0.2) is 15.6 Å². The molecule has 0 aliphatic rings. The lowest BCUT2D eigenvalue weighted by Gasteiger charge is -2.18. The molecule has 15 heavy (non-hydrogen) atoms. The van der Waals surface area contributed by atoms with E-state index in [1.807, 2.05) is 18.9 Å². The fourth-order valence-corrected chi connectivity index (χ4v) is 1.61. The SMILES string of the molecule is CCOCCN(C)c1nc[nH]c(=O)c1Br. The summed E-state index contributed by atoms with van der Waals surface area (Å²) in [5.41, 5.74) is -0.178. The van der Waals surface area contributed by atoms with Gasteiger partial charge >= 0.3 is 0 Å². The molecular weight excluding hydrogens is 262 g/mol. The highest BCUT2D eigenvalue weighted by atomic mass is 79.9. The van der Waals surface area contributed by atoms with Crippen molar-refractivity contribution in [3.8, 4) is 0 Å². The highest BCUT2D eigenvalue weighted by Crippen LogP contribution is 2.16. The molecule has 0 radical (unpaired) electrons. The van der Waals surface area contributed by atoms with Crippen LogP contribution < -0.4 is 10.5 Å². The second-order valence-corrected chi connectivity index (χ2v) is 3.78. The Bertz CT molecular complexity index is 367. The van der Waals surface area contributed by atoms with Crippen molar-refractivity contribution < 1.29 is 4.74 Å². The molecule has 0 bridgehead atoms. The first kappa shape index (κ1) is 12.2. The summed E-state index contributed by atoms with van der Waals surface area (Å²) < 4.78 is 5.67. The summed E-state index contributed by atoms with van der Waals surface area (Å²) in [7, 11) is 1.87. The number of ether oxygens (including phenoxy) is 1. The molecule has 0 amide bonds. The lowest BCUT2D eigenvalue weighted by atomic mass is 10.5. The lowest BCUT2D eigenvalue weighted by molar-refractivity contribution is 0.154. The van der Waals surface area contributed by atoms with Crippen LogP contribution in [0.3, 0.4) is 0 Å². The van der Waals surface area contributed by atoms with Crippen molar-refractivity contribution >= 4 is 21.7 Å². The third kappa shape index (κ3) is 3.32. The van der Waals surface area contributed by atoms with E-state index < -0.39 is 0 Å². The Balaban J connectivity index is 2.69. The molecule has 1 aromatic heterocycles. The van der Waals surface area contributed by atoms with Gasteiger partial charge in [0.1, 0.15) is 10.3 Å². The van der Waals surface area contributed by atoms with E-state index in [2.05, 4.69) is 25.9 Å². The molecule has 1 aromatic rings. The first-order valence-corrected chi connectivity index (χ1v) is 5.48. The fourth-order valence-electron chi connectivity index (χ4n) is 1.09. The van der Waals surface area contributed by atoms with Gasteiger partial charge in [-0.25, -0.2) is 4.98 Å². The summed E-state index contributed by atoms with van der Waals surface area (Å²) in [4.78, 5) is 19.7. The van der Waals surface area contributed by atoms with E-state index in [0.717, 1.165) is 0 Å². The molecule has 0 spiro atoms. The molecule has 0 unspecified atom stereocenters. The predicted molar refractivity (Wildman–Crippen MR) is 62.3 cm³/mol. The maximum atomic E-state index is 11.3. The van der Waals surface area contributed by atoms with Crippen LogP contribution in [0.25, 0.3) is 0 Å². The van der Waals surface area contributed by atoms with Crippen molar-refractivity contribution in [3.05, 3.63) is 21.2 Å². The minimum Gasteiger partial charge on any atom is -0.380 e. The third-order valence-electron chi connectivity index (χ3n) is 1.91. The van der Waals surface area contributed by atoms with E-state index in [1.165, 1.54) is 6.33 Å². The van der Waals surface area contributed by atoms with Crippen molar-refractivity contribution in [1.82, 2.24) is 9.97 Å². The molecule has 6 heteroatoms. The number of anilines is 1. The van der Waals surface area contributed by atoms with Crippen molar-refractivity contribution in [3.63, 3.8) is 0 Å². The van der Waals surface area contributed by atoms with Crippen molar-refractivity contribution in [2.24, 2.45) is 0 Å². The molecule has 84 valence electrons. The van der Waals surface area contributed by atoms with E-state index in [0.29, 0.717) is 30.0 Å². The van der Waals surface area contributed by atoms with Crippen LogP contribution in [-0.2, 0) is 4.74 Å². The number of hydrogen-bond donors (Lipinski definition) is 1. The van der Waals surface area contributed by atoms with Gasteiger partial charge in [-0.15, -0.1) is 0 Å². The molecule has 0 atom stereocenters. The Labute approximate surface area is 96.6 Å². The zero-order valence-corrected chi connectivity index (χ0v) is 10.4. The van der Waals surface area contributed by atoms with E-state index >= 15 is 0 Å². The van der Waals surface area contributed by atoms with Gasteiger partial charge < -0.3 is 14.6 Å². The molecule has 5 nitrogen and oxygen atoms in total. The second kappa shape index (κ2) is 5.87. The van der Waals surface area contributed by atoms with Crippen molar-refractivity contribution in [2.75, 3.05) is 31.7 Å². The summed E-state index contributed by atoms with van der Waals surface area (Å²) in [5, 5.41) is 0. The molecule has 1 N–H and O–H groups in total. The number of likely N-dealkylation sites (N-methyl/N-ethyl adjacent to an activating group) is 1. The number of rotatable bonds is 5. The summed E-state index contributed by atoms with van der Waals surface area (Å²) in [5.74, 6) is 0.624. The van der Waals surface area contributed by atoms with Gasteiger partial charge in [-0.1, -0.05) is 0 Å². The summed E-state index contributed by atoms with van der Waals surface area (Å²) in [6.45, 7) is 3.95. The molecule has 0 fully saturated rings. The van der Waals surface area contributed by atoms with Gasteiger partial charge in [0.05, 0.1) is 12.9 Å².